The summed E-state index contributed by atoms with van der Waals surface area (Å²) in [6.45, 7) is 32.8. The van der Waals surface area contributed by atoms with E-state index in [9.17, 15) is 33.7 Å². The Morgan fingerprint density at radius 1 is 0.234 bits per heavy atom. The first-order valence-corrected chi connectivity index (χ1v) is 53.4. The van der Waals surface area contributed by atoms with E-state index in [-0.39, 0.29) is 39.2 Å². The molecule has 16 nitrogen and oxygen atoms in total. The number of rotatable bonds is 39. The van der Waals surface area contributed by atoms with E-state index in [1.165, 1.54) is 85.5 Å². The summed E-state index contributed by atoms with van der Waals surface area (Å²) in [7, 11) is -14.1. The van der Waals surface area contributed by atoms with Gasteiger partial charge in [-0.25, -0.2) is 33.7 Å². The summed E-state index contributed by atoms with van der Waals surface area (Å²) in [4.78, 5) is 0.885. The number of allylic oxidation sites excluding steroid dienone is 6. The largest absolute Gasteiger partial charge is 0.497 e. The predicted octanol–water partition coefficient (Wildman–Crippen LogP) is 31.8. The first kappa shape index (κ1) is 102. The second-order valence-electron chi connectivity index (χ2n) is 36.7. The Labute approximate surface area is 851 Å². The van der Waals surface area contributed by atoms with E-state index in [4.69, 9.17) is 37.9 Å². The highest BCUT2D eigenvalue weighted by molar-refractivity contribution is 7.92. The van der Waals surface area contributed by atoms with Crippen LogP contribution in [0.4, 0.5) is 0 Å². The van der Waals surface area contributed by atoms with Gasteiger partial charge in [0.2, 0.25) is 39.3 Å². The molecule has 732 valence electrons. The Kier molecular flexibility index (Phi) is 30.7. The van der Waals surface area contributed by atoms with Crippen LogP contribution >= 0.6 is 0 Å². The molecular weight excluding hydrogens is 1890 g/mol. The molecule has 0 aliphatic heterocycles. The number of hydrogen-bond acceptors (Lipinski definition) is 16. The summed E-state index contributed by atoms with van der Waals surface area (Å²) >= 11 is 0. The maximum atomic E-state index is 14.3. The summed E-state index contributed by atoms with van der Waals surface area (Å²) in [5.41, 5.74) is 13.0. The predicted molar refractivity (Wildman–Crippen MR) is 578 cm³/mol. The van der Waals surface area contributed by atoms with Crippen LogP contribution in [0, 0.1) is 6.92 Å². The van der Waals surface area contributed by atoms with Crippen molar-refractivity contribution in [3.05, 3.63) is 480 Å². The van der Waals surface area contributed by atoms with Crippen molar-refractivity contribution < 1.29 is 71.6 Å². The van der Waals surface area contributed by atoms with Gasteiger partial charge in [0.05, 0.1) is 46.3 Å². The normalized spacial score (nSPS) is 12.1. The van der Waals surface area contributed by atoms with Gasteiger partial charge in [0, 0.05) is 32.9 Å². The van der Waals surface area contributed by atoms with Gasteiger partial charge in [0.1, 0.15) is 86.2 Å². The molecule has 16 rings (SSSR count). The van der Waals surface area contributed by atoms with Gasteiger partial charge < -0.3 is 37.9 Å². The molecule has 20 heteroatoms. The van der Waals surface area contributed by atoms with Gasteiger partial charge in [-0.3, -0.25) is 0 Å². The van der Waals surface area contributed by atoms with E-state index >= 15 is 0 Å². The number of sulfone groups is 4. The first-order valence-electron chi connectivity index (χ1n) is 47.4. The third-order valence-electron chi connectivity index (χ3n) is 25.8. The monoisotopic (exact) mass is 2000 g/mol. The smallest absolute Gasteiger partial charge is 0.206 e. The Bertz CT molecular complexity index is 8050. The first-order chi connectivity index (χ1) is 69.6. The summed E-state index contributed by atoms with van der Waals surface area (Å²) in [5.74, 6) is 7.92. The van der Waals surface area contributed by atoms with E-state index in [0.717, 1.165) is 77.9 Å². The maximum absolute atomic E-state index is 14.3. The molecule has 0 aliphatic carbocycles. The van der Waals surface area contributed by atoms with Crippen molar-refractivity contribution in [2.24, 2.45) is 0 Å². The average Bonchev–Trinajstić information content (AvgIpc) is 0.776. The van der Waals surface area contributed by atoms with Crippen molar-refractivity contribution in [1.82, 2.24) is 0 Å². The quantitative estimate of drug-likeness (QED) is 0.0328. The van der Waals surface area contributed by atoms with Crippen LogP contribution in [0.15, 0.2) is 447 Å². The molecule has 16 aromatic rings. The van der Waals surface area contributed by atoms with Crippen molar-refractivity contribution >= 4 is 57.6 Å². The van der Waals surface area contributed by atoms with E-state index in [1.807, 2.05) is 173 Å². The number of aryl methyl sites for hydroxylation is 1. The number of hydrogen-bond donors (Lipinski definition) is 0. The fourth-order valence-electron chi connectivity index (χ4n) is 17.1. The minimum atomic E-state index is -3.99. The van der Waals surface area contributed by atoms with Crippen LogP contribution in [0.25, 0.3) is 29.4 Å². The summed E-state index contributed by atoms with van der Waals surface area (Å²) in [6, 6.07) is 103. The Morgan fingerprint density at radius 2 is 0.421 bits per heavy atom. The molecule has 145 heavy (non-hydrogen) atoms. The highest BCUT2D eigenvalue weighted by atomic mass is 32.2. The van der Waals surface area contributed by atoms with Gasteiger partial charge >= 0.3 is 0 Å². The van der Waals surface area contributed by atoms with Gasteiger partial charge in [0.15, 0.2) is 0 Å². The highest BCUT2D eigenvalue weighted by Crippen LogP contribution is 2.46. The van der Waals surface area contributed by atoms with Crippen LogP contribution in [0.1, 0.15) is 135 Å². The molecule has 0 atom stereocenters. The molecule has 0 N–H and O–H groups in total. The standard InChI is InChI=1S/C125H112O16S4/c1-15-21-88-79-94(33-73-117(88)136-103-45-61-111(62-46-103)142(126,127)109-57-41-100(134-14)42-58-109)123(8,9)96-35-75-119(90(81-96)23-17-3)138-105-49-65-113(66-50-105)144(130,131)115-69-53-107(54-70-115)140-121-77-37-98(83-92(121)25-19-5)125(12,13)99-38-78-122(93(84-99)26-20-6)141-108-55-71-116(72-56-108)145(132,133)114-67-51-106(52-68-114)139-120-76-36-97(82-91(120)24-18-4)124(10,11)95-34-74-118(89(80-95)22-16-2)137-104-47-63-112(64-48-104)143(128,129)110-59-43-102(44-60-110)135-101-39-31-87(32-40-101)86-29-27-85(7)28-30-86/h15-20,24-84H,1-3,21-23H2,4-14H3/b24-18+,25-19+,26-20+. The third-order valence-corrected chi connectivity index (χ3v) is 33.0. The molecule has 0 radical (unpaired) electrons. The van der Waals surface area contributed by atoms with Crippen molar-refractivity contribution in [3.63, 3.8) is 0 Å². The van der Waals surface area contributed by atoms with Gasteiger partial charge in [-0.15, -0.1) is 19.7 Å². The van der Waals surface area contributed by atoms with Crippen LogP contribution in [0.3, 0.4) is 0 Å². The minimum absolute atomic E-state index is 0.0851. The molecule has 0 fully saturated rings. The van der Waals surface area contributed by atoms with Gasteiger partial charge in [-0.05, 0) is 369 Å². The number of benzene rings is 16. The molecule has 0 bridgehead atoms. The molecule has 0 heterocycles. The molecule has 0 amide bonds. The van der Waals surface area contributed by atoms with Crippen LogP contribution in [-0.2, 0) is 74.9 Å². The molecule has 0 aliphatic rings. The van der Waals surface area contributed by atoms with Gasteiger partial charge in [0.25, 0.3) is 0 Å². The lowest BCUT2D eigenvalue weighted by molar-refractivity contribution is 0.414. The fraction of sp³-hybridized carbons (Fsp3) is 0.136. The van der Waals surface area contributed by atoms with Gasteiger partial charge in [-0.2, -0.15) is 0 Å². The second kappa shape index (κ2) is 43.5. The third kappa shape index (κ3) is 22.9. The van der Waals surface area contributed by atoms with Crippen molar-refractivity contribution in [2.45, 2.75) is 144 Å². The van der Waals surface area contributed by atoms with E-state index in [0.29, 0.717) is 106 Å². The topological polar surface area (TPSA) is 210 Å². The van der Waals surface area contributed by atoms with Crippen molar-refractivity contribution in [3.8, 4) is 97.4 Å². The highest BCUT2D eigenvalue weighted by Gasteiger charge is 2.32. The lowest BCUT2D eigenvalue weighted by Crippen LogP contribution is -2.19. The zero-order valence-electron chi connectivity index (χ0n) is 82.6. The molecule has 0 saturated carbocycles. The van der Waals surface area contributed by atoms with Crippen LogP contribution in [0.5, 0.6) is 86.2 Å². The van der Waals surface area contributed by atoms with Crippen LogP contribution in [0.2, 0.25) is 0 Å². The average molecular weight is 2000 g/mol. The zero-order valence-corrected chi connectivity index (χ0v) is 85.9. The Morgan fingerprint density at radius 3 is 0.634 bits per heavy atom. The fourth-order valence-corrected chi connectivity index (χ4v) is 22.2. The molecule has 16 aromatic carbocycles. The summed E-state index contributed by atoms with van der Waals surface area (Å²) in [5, 5.41) is 0. The Balaban J connectivity index is 0.517. The van der Waals surface area contributed by atoms with E-state index in [2.05, 4.69) is 129 Å². The lowest BCUT2D eigenvalue weighted by Gasteiger charge is -2.28. The van der Waals surface area contributed by atoms with Crippen LogP contribution < -0.4 is 37.9 Å². The minimum Gasteiger partial charge on any atom is -0.497 e. The maximum Gasteiger partial charge on any atom is 0.206 e. The molecule has 0 saturated heterocycles. The van der Waals surface area contributed by atoms with E-state index < -0.39 is 55.6 Å². The lowest BCUT2D eigenvalue weighted by atomic mass is 9.76. The SMILES string of the molecule is C=CCc1cc(C(C)(C)c2ccc(Oc3ccc(S(=O)(=O)c4ccc(Oc5ccc(C(C)(C)c6ccc(Oc7ccc(S(=O)(=O)c8ccc(Oc9ccc(C(C)(C)c%10ccc(Oc%11ccc(S(=O)(=O)c%12ccc(OC)cc%12)cc%11)c(CC=C)c%10)cc9CC=C)cc8)cc7)c(/C=C/C)c6)cc5/C=C/C)cc4)cc3)c(/C=C/C)c2)ccc1Oc1ccc(S(=O)(=O)c2ccc(Oc3ccc(-c4ccc(C)cc4)cc3)cc2)cc1. The van der Waals surface area contributed by atoms with Crippen molar-refractivity contribution in [2.75, 3.05) is 7.11 Å². The molecular formula is C125H112O16S4. The Hall–Kier alpha value is -15.8. The van der Waals surface area contributed by atoms with Crippen LogP contribution in [-0.4, -0.2) is 40.8 Å². The summed E-state index contributed by atoms with van der Waals surface area (Å²) < 4.78 is 162. The van der Waals surface area contributed by atoms with Crippen molar-refractivity contribution in [1.29, 1.82) is 0 Å². The molecule has 0 unspecified atom stereocenters. The zero-order chi connectivity index (χ0) is 103. The molecule has 0 spiro atoms. The number of ether oxygens (including phenoxy) is 8. The molecule has 0 aromatic heterocycles. The van der Waals surface area contributed by atoms with E-state index in [1.54, 1.807) is 121 Å². The second-order valence-corrected chi connectivity index (χ2v) is 44.5. The van der Waals surface area contributed by atoms with Gasteiger partial charge in [-0.1, -0.05) is 193 Å². The number of methoxy groups -OCH3 is 1. The summed E-state index contributed by atoms with van der Waals surface area (Å²) in [6.07, 6.45) is 18.7.